The number of hydrogen-bond acceptors (Lipinski definition) is 7. The van der Waals surface area contributed by atoms with Crippen molar-refractivity contribution in [2.24, 2.45) is 40.6 Å². The van der Waals surface area contributed by atoms with E-state index in [1.807, 2.05) is 6.07 Å². The topological polar surface area (TPSA) is 111 Å². The fourth-order valence-corrected chi connectivity index (χ4v) is 6.78. The van der Waals surface area contributed by atoms with E-state index >= 15 is 0 Å². The Kier molecular flexibility index (Phi) is 5.58. The standard InChI is InChI=1S/C26H22IN3O6/c1-35-21-9-14(8-20(27)24(21)36-12-13-2-4-15(5-3-13)30(33)34)11-28-29-25(31)22-16-6-7-17(19-10-18(16)19)23(22)26(29)32/h2-9,11,16-19,22-23H,10,12H2,1H3/b28-11-/t16-,17-,18-,19-,22+,23+/m0/s1. The lowest BCUT2D eigenvalue weighted by Gasteiger charge is -2.37. The van der Waals surface area contributed by atoms with Crippen LogP contribution in [0.2, 0.25) is 0 Å². The number of nitrogens with zero attached hydrogens (tertiary/aromatic N) is 3. The predicted molar refractivity (Wildman–Crippen MR) is 137 cm³/mol. The maximum absolute atomic E-state index is 13.1. The van der Waals surface area contributed by atoms with Gasteiger partial charge in [-0.25, -0.2) is 0 Å². The molecule has 2 saturated carbocycles. The fraction of sp³-hybridized carbons (Fsp3) is 0.346. The van der Waals surface area contributed by atoms with E-state index in [2.05, 4.69) is 39.8 Å². The number of benzene rings is 2. The Morgan fingerprint density at radius 1 is 1.11 bits per heavy atom. The lowest BCUT2D eigenvalue weighted by atomic mass is 9.63. The van der Waals surface area contributed by atoms with Crippen molar-refractivity contribution in [3.8, 4) is 11.5 Å². The van der Waals surface area contributed by atoms with Crippen molar-refractivity contribution in [3.63, 3.8) is 0 Å². The van der Waals surface area contributed by atoms with Gasteiger partial charge in [-0.2, -0.15) is 10.1 Å². The monoisotopic (exact) mass is 599 g/mol. The van der Waals surface area contributed by atoms with Crippen molar-refractivity contribution in [1.29, 1.82) is 0 Å². The molecule has 36 heavy (non-hydrogen) atoms. The second kappa shape index (κ2) is 8.68. The summed E-state index contributed by atoms with van der Waals surface area (Å²) in [5.74, 6) is 1.46. The Morgan fingerprint density at radius 2 is 1.75 bits per heavy atom. The summed E-state index contributed by atoms with van der Waals surface area (Å²) >= 11 is 2.12. The molecule has 1 heterocycles. The first-order chi connectivity index (χ1) is 17.4. The minimum atomic E-state index is -0.447. The zero-order valence-corrected chi connectivity index (χ0v) is 21.4. The number of non-ortho nitro benzene ring substituents is 1. The highest BCUT2D eigenvalue weighted by Gasteiger charge is 2.67. The van der Waals surface area contributed by atoms with E-state index in [9.17, 15) is 19.7 Å². The summed E-state index contributed by atoms with van der Waals surface area (Å²) in [6.45, 7) is 0.204. The number of hydrazone groups is 1. The van der Waals surface area contributed by atoms with Crippen molar-refractivity contribution in [1.82, 2.24) is 5.01 Å². The average molecular weight is 599 g/mol. The lowest BCUT2D eigenvalue weighted by Crippen LogP contribution is -2.40. The number of methoxy groups -OCH3 is 1. The molecule has 1 saturated heterocycles. The summed E-state index contributed by atoms with van der Waals surface area (Å²) in [6.07, 6.45) is 6.91. The summed E-state index contributed by atoms with van der Waals surface area (Å²) < 4.78 is 12.2. The van der Waals surface area contributed by atoms with Crippen LogP contribution >= 0.6 is 22.6 Å². The third kappa shape index (κ3) is 3.69. The summed E-state index contributed by atoms with van der Waals surface area (Å²) in [7, 11) is 1.53. The highest BCUT2D eigenvalue weighted by Crippen LogP contribution is 2.65. The van der Waals surface area contributed by atoms with Gasteiger partial charge in [0.1, 0.15) is 6.61 Å². The van der Waals surface area contributed by atoms with Crippen LogP contribution in [0.4, 0.5) is 5.69 Å². The number of amides is 2. The third-order valence-corrected chi connectivity index (χ3v) is 8.55. The normalized spacial score (nSPS) is 29.4. The molecule has 6 atom stereocenters. The number of hydrogen-bond donors (Lipinski definition) is 0. The molecule has 0 radical (unpaired) electrons. The molecule has 0 spiro atoms. The smallest absolute Gasteiger partial charge is 0.269 e. The van der Waals surface area contributed by atoms with Crippen molar-refractivity contribution in [2.45, 2.75) is 13.0 Å². The van der Waals surface area contributed by atoms with E-state index in [4.69, 9.17) is 9.47 Å². The van der Waals surface area contributed by atoms with Crippen LogP contribution in [0.15, 0.2) is 53.7 Å². The summed E-state index contributed by atoms with van der Waals surface area (Å²) in [5.41, 5.74) is 1.46. The molecule has 5 aliphatic rings. The predicted octanol–water partition coefficient (Wildman–Crippen LogP) is 4.17. The second-order valence-corrected chi connectivity index (χ2v) is 10.8. The Bertz CT molecular complexity index is 1300. The zero-order valence-electron chi connectivity index (χ0n) is 19.2. The highest BCUT2D eigenvalue weighted by atomic mass is 127. The van der Waals surface area contributed by atoms with Crippen molar-refractivity contribution in [2.75, 3.05) is 7.11 Å². The molecule has 10 heteroatoms. The first-order valence-electron chi connectivity index (χ1n) is 11.7. The molecule has 3 fully saturated rings. The van der Waals surface area contributed by atoms with Gasteiger partial charge in [-0.1, -0.05) is 12.2 Å². The number of allylic oxidation sites excluding steroid dienone is 2. The first-order valence-corrected chi connectivity index (χ1v) is 12.8. The molecule has 2 aromatic carbocycles. The van der Waals surface area contributed by atoms with Crippen molar-refractivity contribution >= 4 is 46.3 Å². The number of ether oxygens (including phenoxy) is 2. The van der Waals surface area contributed by atoms with Crippen LogP contribution < -0.4 is 9.47 Å². The molecule has 2 bridgehead atoms. The number of nitro groups is 1. The Hall–Kier alpha value is -3.28. The number of rotatable bonds is 7. The molecule has 2 aromatic rings. The van der Waals surface area contributed by atoms with Crippen LogP contribution in [0.1, 0.15) is 17.5 Å². The second-order valence-electron chi connectivity index (χ2n) is 9.63. The van der Waals surface area contributed by atoms with Crippen LogP contribution in [0.3, 0.4) is 0 Å². The van der Waals surface area contributed by atoms with E-state index < -0.39 is 4.92 Å². The van der Waals surface area contributed by atoms with Gasteiger partial charge >= 0.3 is 0 Å². The van der Waals surface area contributed by atoms with Gasteiger partial charge in [0.25, 0.3) is 17.5 Å². The third-order valence-electron chi connectivity index (χ3n) is 7.74. The van der Waals surface area contributed by atoms with Gasteiger partial charge in [0.2, 0.25) is 0 Å². The zero-order chi connectivity index (χ0) is 25.1. The largest absolute Gasteiger partial charge is 0.493 e. The van der Waals surface area contributed by atoms with E-state index in [1.165, 1.54) is 25.5 Å². The molecular formula is C26H22IN3O6. The van der Waals surface area contributed by atoms with Gasteiger partial charge in [-0.15, -0.1) is 0 Å². The van der Waals surface area contributed by atoms with Crippen molar-refractivity contribution in [3.05, 3.63) is 73.4 Å². The van der Waals surface area contributed by atoms with E-state index in [0.717, 1.165) is 20.6 Å². The van der Waals surface area contributed by atoms with Crippen LogP contribution in [-0.4, -0.2) is 35.1 Å². The summed E-state index contributed by atoms with van der Waals surface area (Å²) in [6, 6.07) is 9.71. The molecule has 1 aliphatic heterocycles. The maximum Gasteiger partial charge on any atom is 0.269 e. The van der Waals surface area contributed by atoms with Gasteiger partial charge in [0.15, 0.2) is 11.5 Å². The average Bonchev–Trinajstić information content (AvgIpc) is 3.66. The molecule has 0 aromatic heterocycles. The summed E-state index contributed by atoms with van der Waals surface area (Å²) in [5, 5.41) is 16.2. The van der Waals surface area contributed by atoms with Crippen LogP contribution in [-0.2, 0) is 16.2 Å². The van der Waals surface area contributed by atoms with E-state index in [0.29, 0.717) is 28.9 Å². The van der Waals surface area contributed by atoms with Crippen LogP contribution in [0, 0.1) is 49.2 Å². The molecule has 7 rings (SSSR count). The van der Waals surface area contributed by atoms with E-state index in [1.54, 1.807) is 18.2 Å². The van der Waals surface area contributed by atoms with Crippen LogP contribution in [0.25, 0.3) is 0 Å². The maximum atomic E-state index is 13.1. The summed E-state index contributed by atoms with van der Waals surface area (Å²) in [4.78, 5) is 36.6. The van der Waals surface area contributed by atoms with Crippen molar-refractivity contribution < 1.29 is 24.0 Å². The highest BCUT2D eigenvalue weighted by molar-refractivity contribution is 14.1. The minimum absolute atomic E-state index is 0.0180. The quantitative estimate of drug-likeness (QED) is 0.118. The van der Waals surface area contributed by atoms with Gasteiger partial charge in [0, 0.05) is 12.1 Å². The number of carbonyl (C=O) groups is 2. The number of imide groups is 1. The van der Waals surface area contributed by atoms with Gasteiger partial charge < -0.3 is 9.47 Å². The molecule has 2 amide bonds. The number of carbonyl (C=O) groups excluding carboxylic acids is 2. The van der Waals surface area contributed by atoms with Gasteiger partial charge in [-0.3, -0.25) is 19.7 Å². The lowest BCUT2D eigenvalue weighted by molar-refractivity contribution is -0.384. The molecular weight excluding hydrogens is 577 g/mol. The van der Waals surface area contributed by atoms with Crippen LogP contribution in [0.5, 0.6) is 11.5 Å². The number of halogens is 1. The Morgan fingerprint density at radius 3 is 2.33 bits per heavy atom. The Balaban J connectivity index is 1.18. The fourth-order valence-electron chi connectivity index (χ4n) is 6.00. The SMILES string of the molecule is COc1cc(/C=N\N2C(=O)[C@@H]3[C@H]4C=C[C@@H]([C@@H]5C[C@@H]45)[C@H]3C2=O)cc(I)c1OCc1ccc([N+](=O)[O-])cc1. The van der Waals surface area contributed by atoms with Gasteiger partial charge in [0.05, 0.1) is 33.7 Å². The number of nitro benzene ring substituents is 1. The first kappa shape index (κ1) is 23.1. The van der Waals surface area contributed by atoms with Gasteiger partial charge in [-0.05, 0) is 88.1 Å². The molecule has 4 aliphatic carbocycles. The minimum Gasteiger partial charge on any atom is -0.493 e. The molecule has 0 unspecified atom stereocenters. The Labute approximate surface area is 220 Å². The molecule has 0 N–H and O–H groups in total. The molecule has 9 nitrogen and oxygen atoms in total. The van der Waals surface area contributed by atoms with E-state index in [-0.39, 0.29) is 47.8 Å². The molecule has 184 valence electrons.